The minimum Gasteiger partial charge on any atom is -0.336 e. The molecular formula is C16H14N2O2. The van der Waals surface area contributed by atoms with Crippen LogP contribution in [0.4, 0.5) is 0 Å². The average Bonchev–Trinajstić information content (AvgIpc) is 2.87. The maximum Gasteiger partial charge on any atom is 0.274 e. The predicted octanol–water partition coefficient (Wildman–Crippen LogP) is 2.06. The molecule has 1 unspecified atom stereocenters. The molecule has 100 valence electrons. The van der Waals surface area contributed by atoms with E-state index in [0.29, 0.717) is 5.71 Å². The molecule has 1 amide bonds. The number of nitrogens with zero attached hydrogens (tertiary/aromatic N) is 1. The fourth-order valence-corrected chi connectivity index (χ4v) is 2.26. The first-order chi connectivity index (χ1) is 9.75. The molecule has 4 nitrogen and oxygen atoms in total. The van der Waals surface area contributed by atoms with Crippen molar-refractivity contribution in [3.05, 3.63) is 71.8 Å². The van der Waals surface area contributed by atoms with Gasteiger partial charge in [0.1, 0.15) is 5.71 Å². The maximum absolute atomic E-state index is 12.2. The van der Waals surface area contributed by atoms with Gasteiger partial charge >= 0.3 is 0 Å². The van der Waals surface area contributed by atoms with Crippen LogP contribution in [0, 0.1) is 0 Å². The topological polar surface area (TPSA) is 50.7 Å². The summed E-state index contributed by atoms with van der Waals surface area (Å²) in [5, 5.41) is 2.82. The second-order valence-corrected chi connectivity index (χ2v) is 4.49. The van der Waals surface area contributed by atoms with Crippen molar-refractivity contribution in [1.82, 2.24) is 5.32 Å². The highest BCUT2D eigenvalue weighted by molar-refractivity contribution is 6.46. The normalized spacial score (nSPS) is 21.4. The number of benzene rings is 2. The third-order valence-electron chi connectivity index (χ3n) is 3.28. The number of amides is 1. The van der Waals surface area contributed by atoms with Gasteiger partial charge in [-0.3, -0.25) is 10.1 Å². The number of nitrogens with one attached hydrogen (secondary N) is 1. The summed E-state index contributed by atoms with van der Waals surface area (Å²) < 4.78 is 5.49. The van der Waals surface area contributed by atoms with Crippen LogP contribution in [0.15, 0.2) is 65.7 Å². The first kappa shape index (κ1) is 12.6. The van der Waals surface area contributed by atoms with Crippen LogP contribution in [0.25, 0.3) is 0 Å². The van der Waals surface area contributed by atoms with Crippen LogP contribution in [-0.4, -0.2) is 18.7 Å². The summed E-state index contributed by atoms with van der Waals surface area (Å²) in [6, 6.07) is 18.8. The average molecular weight is 266 g/mol. The van der Waals surface area contributed by atoms with Crippen molar-refractivity contribution >= 4 is 11.6 Å². The molecule has 1 heterocycles. The molecule has 1 aliphatic rings. The van der Waals surface area contributed by atoms with Gasteiger partial charge in [0.25, 0.3) is 11.8 Å². The molecule has 0 aliphatic carbocycles. The van der Waals surface area contributed by atoms with Crippen LogP contribution < -0.4 is 5.32 Å². The number of ether oxygens (including phenoxy) is 1. The van der Waals surface area contributed by atoms with Crippen LogP contribution in [-0.2, 0) is 15.4 Å². The summed E-state index contributed by atoms with van der Waals surface area (Å²) in [6.07, 6.45) is 0. The Hall–Kier alpha value is -2.46. The zero-order valence-electron chi connectivity index (χ0n) is 11.0. The summed E-state index contributed by atoms with van der Waals surface area (Å²) in [5.74, 6) is -1.37. The number of aliphatic imine (C=N–C) groups is 1. The van der Waals surface area contributed by atoms with E-state index in [1.807, 2.05) is 60.7 Å². The lowest BCUT2D eigenvalue weighted by Gasteiger charge is -2.24. The Morgan fingerprint density at radius 2 is 1.60 bits per heavy atom. The van der Waals surface area contributed by atoms with E-state index in [1.54, 1.807) is 0 Å². The summed E-state index contributed by atoms with van der Waals surface area (Å²) in [4.78, 5) is 16.7. The van der Waals surface area contributed by atoms with Gasteiger partial charge in [0, 0.05) is 18.2 Å². The molecule has 0 saturated carbocycles. The van der Waals surface area contributed by atoms with E-state index in [0.717, 1.165) is 11.1 Å². The molecule has 1 aliphatic heterocycles. The standard InChI is InChI=1S/C16H14N2O2/c1-20-16(13-10-6-3-7-11-13)17-14(15(19)18-16)12-8-4-2-5-9-12/h2-11H,1H3,(H,18,19). The number of hydrogen-bond acceptors (Lipinski definition) is 3. The fourth-order valence-electron chi connectivity index (χ4n) is 2.26. The monoisotopic (exact) mass is 266 g/mol. The van der Waals surface area contributed by atoms with Gasteiger partial charge in [0.2, 0.25) is 0 Å². The smallest absolute Gasteiger partial charge is 0.274 e. The summed E-state index contributed by atoms with van der Waals surface area (Å²) in [7, 11) is 1.53. The lowest BCUT2D eigenvalue weighted by molar-refractivity contribution is -0.121. The quantitative estimate of drug-likeness (QED) is 0.924. The minimum absolute atomic E-state index is 0.234. The van der Waals surface area contributed by atoms with Gasteiger partial charge in [-0.25, -0.2) is 4.99 Å². The maximum atomic E-state index is 12.2. The van der Waals surface area contributed by atoms with Crippen molar-refractivity contribution in [2.24, 2.45) is 4.99 Å². The van der Waals surface area contributed by atoms with Crippen molar-refractivity contribution < 1.29 is 9.53 Å². The Kier molecular flexibility index (Phi) is 3.08. The molecule has 0 saturated heterocycles. The number of hydrogen-bond donors (Lipinski definition) is 1. The second kappa shape index (κ2) is 4.90. The van der Waals surface area contributed by atoms with Crippen LogP contribution >= 0.6 is 0 Å². The van der Waals surface area contributed by atoms with Crippen molar-refractivity contribution in [2.75, 3.05) is 7.11 Å². The van der Waals surface area contributed by atoms with E-state index in [4.69, 9.17) is 4.74 Å². The SMILES string of the molecule is COC1(c2ccccc2)N=C(c2ccccc2)C(=O)N1. The van der Waals surface area contributed by atoms with E-state index in [2.05, 4.69) is 10.3 Å². The fraction of sp³-hybridized carbons (Fsp3) is 0.125. The van der Waals surface area contributed by atoms with Gasteiger partial charge in [-0.05, 0) is 0 Å². The van der Waals surface area contributed by atoms with Gasteiger partial charge in [0.05, 0.1) is 0 Å². The molecule has 2 aromatic carbocycles. The highest BCUT2D eigenvalue weighted by Gasteiger charge is 2.41. The Labute approximate surface area is 117 Å². The number of rotatable bonds is 3. The van der Waals surface area contributed by atoms with E-state index in [9.17, 15) is 4.79 Å². The molecule has 1 N–H and O–H groups in total. The van der Waals surface area contributed by atoms with E-state index < -0.39 is 5.85 Å². The Morgan fingerprint density at radius 3 is 2.20 bits per heavy atom. The van der Waals surface area contributed by atoms with Crippen molar-refractivity contribution in [1.29, 1.82) is 0 Å². The van der Waals surface area contributed by atoms with Crippen LogP contribution in [0.1, 0.15) is 11.1 Å². The molecule has 0 aromatic heterocycles. The van der Waals surface area contributed by atoms with Crippen LogP contribution in [0.2, 0.25) is 0 Å². The third kappa shape index (κ3) is 2.00. The summed E-state index contributed by atoms with van der Waals surface area (Å²) >= 11 is 0. The van der Waals surface area contributed by atoms with E-state index >= 15 is 0 Å². The highest BCUT2D eigenvalue weighted by Crippen LogP contribution is 2.28. The Balaban J connectivity index is 2.08. The highest BCUT2D eigenvalue weighted by atomic mass is 16.5. The van der Waals surface area contributed by atoms with Gasteiger partial charge in [-0.2, -0.15) is 0 Å². The molecule has 0 spiro atoms. The zero-order valence-corrected chi connectivity index (χ0v) is 11.0. The molecule has 0 radical (unpaired) electrons. The van der Waals surface area contributed by atoms with Gasteiger partial charge < -0.3 is 4.74 Å². The van der Waals surface area contributed by atoms with Crippen LogP contribution in [0.3, 0.4) is 0 Å². The molecule has 1 atom stereocenters. The lowest BCUT2D eigenvalue weighted by Crippen LogP contribution is -2.41. The largest absolute Gasteiger partial charge is 0.336 e. The van der Waals surface area contributed by atoms with Gasteiger partial charge in [-0.1, -0.05) is 60.7 Å². The van der Waals surface area contributed by atoms with Gasteiger partial charge in [0.15, 0.2) is 0 Å². The van der Waals surface area contributed by atoms with Gasteiger partial charge in [-0.15, -0.1) is 0 Å². The number of methoxy groups -OCH3 is 1. The van der Waals surface area contributed by atoms with E-state index in [1.165, 1.54) is 7.11 Å². The molecule has 2 aromatic rings. The van der Waals surface area contributed by atoms with Crippen LogP contribution in [0.5, 0.6) is 0 Å². The summed E-state index contributed by atoms with van der Waals surface area (Å²) in [5.41, 5.74) is 1.96. The lowest BCUT2D eigenvalue weighted by atomic mass is 10.1. The molecule has 0 bridgehead atoms. The first-order valence-electron chi connectivity index (χ1n) is 6.34. The molecule has 20 heavy (non-hydrogen) atoms. The molecule has 3 rings (SSSR count). The minimum atomic E-state index is -1.14. The predicted molar refractivity (Wildman–Crippen MR) is 76.3 cm³/mol. The Bertz CT molecular complexity index is 653. The van der Waals surface area contributed by atoms with Crippen molar-refractivity contribution in [3.8, 4) is 0 Å². The number of carbonyl (C=O) groups excluding carboxylic acids is 1. The van der Waals surface area contributed by atoms with E-state index in [-0.39, 0.29) is 5.91 Å². The van der Waals surface area contributed by atoms with Crippen molar-refractivity contribution in [2.45, 2.75) is 5.85 Å². The molecule has 0 fully saturated rings. The molecule has 4 heteroatoms. The zero-order chi connectivity index (χ0) is 14.0. The third-order valence-corrected chi connectivity index (χ3v) is 3.28. The second-order valence-electron chi connectivity index (χ2n) is 4.49. The first-order valence-corrected chi connectivity index (χ1v) is 6.34. The number of carbonyl (C=O) groups is 1. The summed E-state index contributed by atoms with van der Waals surface area (Å²) in [6.45, 7) is 0. The van der Waals surface area contributed by atoms with Crippen molar-refractivity contribution in [3.63, 3.8) is 0 Å². The Morgan fingerprint density at radius 1 is 1.00 bits per heavy atom. The molecular weight excluding hydrogens is 252 g/mol.